The highest BCUT2D eigenvalue weighted by molar-refractivity contribution is 8.19. The summed E-state index contributed by atoms with van der Waals surface area (Å²) >= 11 is 6.59. The first-order chi connectivity index (χ1) is 16.4. The van der Waals surface area contributed by atoms with Crippen LogP contribution in [0.4, 0.5) is 23.7 Å². The molecule has 1 N–H and O–H groups in total. The molecule has 0 unspecified atom stereocenters. The van der Waals surface area contributed by atoms with E-state index in [1.165, 1.54) is 24.3 Å². The van der Waals surface area contributed by atoms with E-state index in [0.29, 0.717) is 33.6 Å². The first kappa shape index (κ1) is 24.6. The van der Waals surface area contributed by atoms with Gasteiger partial charge >= 0.3 is 12.1 Å². The van der Waals surface area contributed by atoms with E-state index in [-0.39, 0.29) is 21.2 Å². The molecule has 2 aromatic carbocycles. The molecule has 0 aliphatic carbocycles. The number of carboxylic acid groups (broad SMARTS) is 1. The molecule has 180 valence electrons. The van der Waals surface area contributed by atoms with Gasteiger partial charge in [-0.25, -0.2) is 9.69 Å². The molecule has 1 saturated heterocycles. The summed E-state index contributed by atoms with van der Waals surface area (Å²) < 4.78 is 41.0. The number of imide groups is 1. The molecule has 0 saturated carbocycles. The van der Waals surface area contributed by atoms with Crippen molar-refractivity contribution in [3.8, 4) is 5.69 Å². The molecule has 2 heterocycles. The lowest BCUT2D eigenvalue weighted by Gasteiger charge is -2.14. The smallest absolute Gasteiger partial charge is 0.416 e. The fourth-order valence-corrected chi connectivity index (χ4v) is 4.83. The molecule has 0 radical (unpaired) electrons. The lowest BCUT2D eigenvalue weighted by molar-refractivity contribution is -0.137. The van der Waals surface area contributed by atoms with E-state index >= 15 is 0 Å². The van der Waals surface area contributed by atoms with Crippen LogP contribution in [0.5, 0.6) is 0 Å². The molecule has 6 nitrogen and oxygen atoms in total. The second-order valence-corrected chi connectivity index (χ2v) is 9.10. The largest absolute Gasteiger partial charge is 0.478 e. The van der Waals surface area contributed by atoms with Gasteiger partial charge in [0.1, 0.15) is 0 Å². The van der Waals surface area contributed by atoms with Gasteiger partial charge in [-0.05, 0) is 79.7 Å². The Morgan fingerprint density at radius 2 is 1.77 bits per heavy atom. The van der Waals surface area contributed by atoms with Gasteiger partial charge in [0.25, 0.3) is 11.1 Å². The van der Waals surface area contributed by atoms with E-state index in [9.17, 15) is 32.7 Å². The highest BCUT2D eigenvalue weighted by Gasteiger charge is 2.38. The third kappa shape index (κ3) is 4.59. The Morgan fingerprint density at radius 1 is 1.06 bits per heavy atom. The average Bonchev–Trinajstić information content (AvgIpc) is 3.22. The molecule has 1 aromatic heterocycles. The molecular formula is C24H16ClF3N2O4S. The molecule has 0 atom stereocenters. The van der Waals surface area contributed by atoms with Crippen LogP contribution >= 0.6 is 23.4 Å². The molecule has 0 bridgehead atoms. The molecule has 11 heteroatoms. The zero-order valence-electron chi connectivity index (χ0n) is 18.2. The van der Waals surface area contributed by atoms with E-state index in [4.69, 9.17) is 11.6 Å². The van der Waals surface area contributed by atoms with Crippen LogP contribution in [0.2, 0.25) is 5.02 Å². The van der Waals surface area contributed by atoms with Gasteiger partial charge in [0.15, 0.2) is 0 Å². The van der Waals surface area contributed by atoms with E-state index in [1.807, 2.05) is 0 Å². The Balaban J connectivity index is 1.71. The van der Waals surface area contributed by atoms with Crippen LogP contribution in [0.3, 0.4) is 0 Å². The molecular weight excluding hydrogens is 505 g/mol. The number of alkyl halides is 3. The van der Waals surface area contributed by atoms with Gasteiger partial charge in [-0.1, -0.05) is 17.7 Å². The van der Waals surface area contributed by atoms with Crippen LogP contribution in [0.1, 0.15) is 32.9 Å². The van der Waals surface area contributed by atoms with Gasteiger partial charge in [0.2, 0.25) is 0 Å². The molecule has 1 fully saturated rings. The molecule has 35 heavy (non-hydrogen) atoms. The molecule has 3 aromatic rings. The van der Waals surface area contributed by atoms with Crippen molar-refractivity contribution >= 4 is 52.2 Å². The maximum Gasteiger partial charge on any atom is 0.416 e. The molecule has 2 amide bonds. The van der Waals surface area contributed by atoms with Crippen molar-refractivity contribution in [2.45, 2.75) is 20.0 Å². The van der Waals surface area contributed by atoms with Crippen molar-refractivity contribution in [3.63, 3.8) is 0 Å². The summed E-state index contributed by atoms with van der Waals surface area (Å²) in [5, 5.41) is 8.74. The number of aromatic carboxylic acids is 1. The van der Waals surface area contributed by atoms with Gasteiger partial charge in [-0.15, -0.1) is 0 Å². The number of thioether (sulfide) groups is 1. The first-order valence-electron chi connectivity index (χ1n) is 10.1. The minimum Gasteiger partial charge on any atom is -0.478 e. The molecule has 1 aliphatic heterocycles. The van der Waals surface area contributed by atoms with E-state index in [2.05, 4.69) is 0 Å². The minimum absolute atomic E-state index is 0.0509. The monoisotopic (exact) mass is 520 g/mol. The number of benzene rings is 2. The quantitative estimate of drug-likeness (QED) is 0.387. The number of carbonyl (C=O) groups is 3. The fraction of sp³-hybridized carbons (Fsp3) is 0.125. The van der Waals surface area contributed by atoms with Crippen LogP contribution in [0.15, 0.2) is 53.4 Å². The number of hydrogen-bond acceptors (Lipinski definition) is 4. The summed E-state index contributed by atoms with van der Waals surface area (Å²) in [6, 6.07) is 10.3. The van der Waals surface area contributed by atoms with Crippen molar-refractivity contribution in [3.05, 3.63) is 86.5 Å². The summed E-state index contributed by atoms with van der Waals surface area (Å²) in [5.41, 5.74) is 1.31. The van der Waals surface area contributed by atoms with E-state index in [0.717, 1.165) is 23.9 Å². The van der Waals surface area contributed by atoms with Crippen molar-refractivity contribution in [2.75, 3.05) is 4.90 Å². The number of rotatable bonds is 4. The standard InChI is InChI=1S/C24H16ClF3N2O4S/c1-12-8-14(13(2)29(12)17-6-7-19(25)18(11-17)22(32)33)9-20-21(31)30(23(34)35-20)16-5-3-4-15(10-16)24(26,27)28/h3-11H,1-2H3,(H,32,33)/b20-9-. The number of aromatic nitrogens is 1. The normalized spacial score (nSPS) is 15.4. The zero-order chi connectivity index (χ0) is 25.7. The number of hydrogen-bond donors (Lipinski definition) is 1. The number of amides is 2. The Labute approximate surface area is 206 Å². The van der Waals surface area contributed by atoms with Gasteiger partial charge in [-0.2, -0.15) is 13.2 Å². The number of aryl methyl sites for hydroxylation is 1. The predicted octanol–water partition coefficient (Wildman–Crippen LogP) is 6.71. The molecule has 0 spiro atoms. The summed E-state index contributed by atoms with van der Waals surface area (Å²) in [6.07, 6.45) is -3.13. The second-order valence-electron chi connectivity index (χ2n) is 7.70. The summed E-state index contributed by atoms with van der Waals surface area (Å²) in [6.45, 7) is 3.54. The third-order valence-corrected chi connectivity index (χ3v) is 6.62. The average molecular weight is 521 g/mol. The van der Waals surface area contributed by atoms with Crippen molar-refractivity contribution < 1.29 is 32.7 Å². The SMILES string of the molecule is Cc1cc(/C=C2\SC(=O)N(c3cccc(C(F)(F)F)c3)C2=O)c(C)n1-c1ccc(Cl)c(C(=O)O)c1. The number of nitrogens with zero attached hydrogens (tertiary/aromatic N) is 2. The topological polar surface area (TPSA) is 79.6 Å². The Hall–Kier alpha value is -3.50. The van der Waals surface area contributed by atoms with Gasteiger partial charge in [0, 0.05) is 17.1 Å². The maximum absolute atomic E-state index is 13.1. The minimum atomic E-state index is -4.62. The molecule has 1 aliphatic rings. The van der Waals surface area contributed by atoms with Crippen LogP contribution in [-0.4, -0.2) is 26.8 Å². The van der Waals surface area contributed by atoms with Crippen molar-refractivity contribution in [1.82, 2.24) is 4.57 Å². The Bertz CT molecular complexity index is 1430. The number of carbonyl (C=O) groups excluding carboxylic acids is 2. The third-order valence-electron chi connectivity index (χ3n) is 5.42. The lowest BCUT2D eigenvalue weighted by atomic mass is 10.1. The number of anilines is 1. The Kier molecular flexibility index (Phi) is 6.29. The van der Waals surface area contributed by atoms with Crippen LogP contribution < -0.4 is 4.90 Å². The lowest BCUT2D eigenvalue weighted by Crippen LogP contribution is -2.28. The highest BCUT2D eigenvalue weighted by Crippen LogP contribution is 2.39. The van der Waals surface area contributed by atoms with Crippen LogP contribution in [0, 0.1) is 13.8 Å². The van der Waals surface area contributed by atoms with Gasteiger partial charge in [-0.3, -0.25) is 9.59 Å². The van der Waals surface area contributed by atoms with Crippen LogP contribution in [0.25, 0.3) is 11.8 Å². The highest BCUT2D eigenvalue weighted by atomic mass is 35.5. The zero-order valence-corrected chi connectivity index (χ0v) is 19.8. The maximum atomic E-state index is 13.1. The molecule has 4 rings (SSSR count). The summed E-state index contributed by atoms with van der Waals surface area (Å²) in [7, 11) is 0. The van der Waals surface area contributed by atoms with Gasteiger partial charge < -0.3 is 9.67 Å². The summed E-state index contributed by atoms with van der Waals surface area (Å²) in [5.74, 6) is -1.91. The number of carboxylic acids is 1. The fourth-order valence-electron chi connectivity index (χ4n) is 3.80. The van der Waals surface area contributed by atoms with Crippen molar-refractivity contribution in [1.29, 1.82) is 0 Å². The summed E-state index contributed by atoms with van der Waals surface area (Å²) in [4.78, 5) is 37.7. The van der Waals surface area contributed by atoms with E-state index < -0.39 is 28.9 Å². The number of halogens is 4. The van der Waals surface area contributed by atoms with Crippen LogP contribution in [-0.2, 0) is 11.0 Å². The second kappa shape index (κ2) is 8.94. The Morgan fingerprint density at radius 3 is 2.43 bits per heavy atom. The van der Waals surface area contributed by atoms with E-state index in [1.54, 1.807) is 30.5 Å². The van der Waals surface area contributed by atoms with Crippen molar-refractivity contribution in [2.24, 2.45) is 0 Å². The van der Waals surface area contributed by atoms with Gasteiger partial charge in [0.05, 0.1) is 26.7 Å². The first-order valence-corrected chi connectivity index (χ1v) is 11.3. The predicted molar refractivity (Wildman–Crippen MR) is 127 cm³/mol.